The smallest absolute Gasteiger partial charge is 0.306 e. The molecule has 1 aromatic rings. The highest BCUT2D eigenvalue weighted by Gasteiger charge is 2.30. The SMILES string of the molecule is CCOc1ccc(OC2CCC(C(=O)O)C2)cc1. The molecule has 4 nitrogen and oxygen atoms in total. The van der Waals surface area contributed by atoms with E-state index in [1.807, 2.05) is 31.2 Å². The van der Waals surface area contributed by atoms with E-state index in [-0.39, 0.29) is 12.0 Å². The third-order valence-corrected chi connectivity index (χ3v) is 3.17. The number of aliphatic carboxylic acids is 1. The Morgan fingerprint density at radius 3 is 2.50 bits per heavy atom. The van der Waals surface area contributed by atoms with Crippen LogP contribution in [0.1, 0.15) is 26.2 Å². The maximum absolute atomic E-state index is 10.8. The summed E-state index contributed by atoms with van der Waals surface area (Å²) in [5, 5.41) is 8.92. The van der Waals surface area contributed by atoms with Crippen molar-refractivity contribution in [2.75, 3.05) is 6.61 Å². The Hall–Kier alpha value is -1.71. The van der Waals surface area contributed by atoms with Crippen molar-refractivity contribution in [3.8, 4) is 11.5 Å². The van der Waals surface area contributed by atoms with Gasteiger partial charge in [0.25, 0.3) is 0 Å². The van der Waals surface area contributed by atoms with E-state index in [2.05, 4.69) is 0 Å². The highest BCUT2D eigenvalue weighted by Crippen LogP contribution is 2.29. The molecule has 1 saturated carbocycles. The average Bonchev–Trinajstić information content (AvgIpc) is 2.81. The maximum Gasteiger partial charge on any atom is 0.306 e. The number of benzene rings is 1. The molecule has 1 N–H and O–H groups in total. The van der Waals surface area contributed by atoms with Crippen LogP contribution in [0.3, 0.4) is 0 Å². The summed E-state index contributed by atoms with van der Waals surface area (Å²) < 4.78 is 11.1. The average molecular weight is 250 g/mol. The summed E-state index contributed by atoms with van der Waals surface area (Å²) in [7, 11) is 0. The Morgan fingerprint density at radius 1 is 1.28 bits per heavy atom. The number of carbonyl (C=O) groups is 1. The highest BCUT2D eigenvalue weighted by atomic mass is 16.5. The van der Waals surface area contributed by atoms with Crippen molar-refractivity contribution in [2.24, 2.45) is 5.92 Å². The summed E-state index contributed by atoms with van der Waals surface area (Å²) >= 11 is 0. The van der Waals surface area contributed by atoms with Crippen molar-refractivity contribution in [3.05, 3.63) is 24.3 Å². The zero-order chi connectivity index (χ0) is 13.0. The van der Waals surface area contributed by atoms with Crippen LogP contribution in [0.4, 0.5) is 0 Å². The van der Waals surface area contributed by atoms with Crippen LogP contribution in [0.2, 0.25) is 0 Å². The third kappa shape index (κ3) is 3.15. The van der Waals surface area contributed by atoms with Gasteiger partial charge in [-0.2, -0.15) is 0 Å². The first-order chi connectivity index (χ1) is 8.69. The molecule has 1 aliphatic carbocycles. The molecule has 1 aromatic carbocycles. The number of rotatable bonds is 5. The second-order valence-corrected chi connectivity index (χ2v) is 4.49. The van der Waals surface area contributed by atoms with Crippen molar-refractivity contribution < 1.29 is 19.4 Å². The minimum Gasteiger partial charge on any atom is -0.494 e. The van der Waals surface area contributed by atoms with Gasteiger partial charge in [-0.3, -0.25) is 4.79 Å². The molecule has 0 saturated heterocycles. The summed E-state index contributed by atoms with van der Waals surface area (Å²) in [6.07, 6.45) is 2.13. The first-order valence-corrected chi connectivity index (χ1v) is 6.31. The quantitative estimate of drug-likeness (QED) is 0.873. The maximum atomic E-state index is 10.8. The minimum atomic E-state index is -0.715. The van der Waals surface area contributed by atoms with E-state index in [9.17, 15) is 4.79 Å². The predicted octanol–water partition coefficient (Wildman–Crippen LogP) is 2.72. The predicted molar refractivity (Wildman–Crippen MR) is 67.0 cm³/mol. The van der Waals surface area contributed by atoms with Crippen molar-refractivity contribution in [1.29, 1.82) is 0 Å². The van der Waals surface area contributed by atoms with Crippen LogP contribution < -0.4 is 9.47 Å². The number of ether oxygens (including phenoxy) is 2. The van der Waals surface area contributed by atoms with E-state index < -0.39 is 5.97 Å². The zero-order valence-corrected chi connectivity index (χ0v) is 10.5. The summed E-state index contributed by atoms with van der Waals surface area (Å²) in [4.78, 5) is 10.8. The van der Waals surface area contributed by atoms with Gasteiger partial charge in [0.15, 0.2) is 0 Å². The van der Waals surface area contributed by atoms with Gasteiger partial charge in [0.2, 0.25) is 0 Å². The highest BCUT2D eigenvalue weighted by molar-refractivity contribution is 5.70. The fourth-order valence-electron chi connectivity index (χ4n) is 2.25. The second kappa shape index (κ2) is 5.76. The van der Waals surface area contributed by atoms with Gasteiger partial charge in [0, 0.05) is 0 Å². The lowest BCUT2D eigenvalue weighted by Crippen LogP contribution is -2.15. The second-order valence-electron chi connectivity index (χ2n) is 4.49. The van der Waals surface area contributed by atoms with Crippen LogP contribution in [-0.2, 0) is 4.79 Å². The molecule has 98 valence electrons. The van der Waals surface area contributed by atoms with E-state index in [4.69, 9.17) is 14.6 Å². The molecular weight excluding hydrogens is 232 g/mol. The number of carboxylic acids is 1. The largest absolute Gasteiger partial charge is 0.494 e. The molecule has 0 amide bonds. The van der Waals surface area contributed by atoms with Gasteiger partial charge < -0.3 is 14.6 Å². The topological polar surface area (TPSA) is 55.8 Å². The molecule has 0 aromatic heterocycles. The van der Waals surface area contributed by atoms with Gasteiger partial charge in [-0.05, 0) is 50.5 Å². The van der Waals surface area contributed by atoms with E-state index >= 15 is 0 Å². The van der Waals surface area contributed by atoms with Crippen LogP contribution in [-0.4, -0.2) is 23.8 Å². The Morgan fingerprint density at radius 2 is 1.94 bits per heavy atom. The number of hydrogen-bond acceptors (Lipinski definition) is 3. The lowest BCUT2D eigenvalue weighted by Gasteiger charge is -2.13. The van der Waals surface area contributed by atoms with Crippen LogP contribution in [0, 0.1) is 5.92 Å². The van der Waals surface area contributed by atoms with Gasteiger partial charge in [-0.15, -0.1) is 0 Å². The van der Waals surface area contributed by atoms with Crippen molar-refractivity contribution in [1.82, 2.24) is 0 Å². The van der Waals surface area contributed by atoms with Crippen molar-refractivity contribution >= 4 is 5.97 Å². The summed E-state index contributed by atoms with van der Waals surface area (Å²) in [5.74, 6) is 0.625. The fraction of sp³-hybridized carbons (Fsp3) is 0.500. The Balaban J connectivity index is 1.88. The molecular formula is C14H18O4. The molecule has 2 atom stereocenters. The molecule has 0 radical (unpaired) electrons. The van der Waals surface area contributed by atoms with Crippen LogP contribution in [0.5, 0.6) is 11.5 Å². The summed E-state index contributed by atoms with van der Waals surface area (Å²) in [6.45, 7) is 2.58. The third-order valence-electron chi connectivity index (χ3n) is 3.17. The first kappa shape index (κ1) is 12.7. The van der Waals surface area contributed by atoms with E-state index in [1.165, 1.54) is 0 Å². The van der Waals surface area contributed by atoms with Gasteiger partial charge >= 0.3 is 5.97 Å². The van der Waals surface area contributed by atoms with Gasteiger partial charge in [-0.1, -0.05) is 0 Å². The van der Waals surface area contributed by atoms with Crippen molar-refractivity contribution in [3.63, 3.8) is 0 Å². The van der Waals surface area contributed by atoms with Crippen molar-refractivity contribution in [2.45, 2.75) is 32.3 Å². The van der Waals surface area contributed by atoms with Crippen LogP contribution in [0.25, 0.3) is 0 Å². The fourth-order valence-corrected chi connectivity index (χ4v) is 2.25. The van der Waals surface area contributed by atoms with E-state index in [0.717, 1.165) is 17.9 Å². The molecule has 0 spiro atoms. The molecule has 1 fully saturated rings. The monoisotopic (exact) mass is 250 g/mol. The van der Waals surface area contributed by atoms with E-state index in [0.29, 0.717) is 19.4 Å². The molecule has 18 heavy (non-hydrogen) atoms. The van der Waals surface area contributed by atoms with Crippen LogP contribution >= 0.6 is 0 Å². The zero-order valence-electron chi connectivity index (χ0n) is 10.5. The Bertz CT molecular complexity index is 399. The normalized spacial score (nSPS) is 22.7. The number of hydrogen-bond donors (Lipinski definition) is 1. The standard InChI is InChI=1S/C14H18O4/c1-2-17-11-5-7-12(8-6-11)18-13-4-3-10(9-13)14(15)16/h5-8,10,13H,2-4,9H2,1H3,(H,15,16). The molecule has 0 bridgehead atoms. The summed E-state index contributed by atoms with van der Waals surface area (Å²) in [5.41, 5.74) is 0. The first-order valence-electron chi connectivity index (χ1n) is 6.31. The minimum absolute atomic E-state index is 0.0176. The lowest BCUT2D eigenvalue weighted by atomic mass is 10.1. The lowest BCUT2D eigenvalue weighted by molar-refractivity contribution is -0.141. The van der Waals surface area contributed by atoms with Gasteiger partial charge in [0.05, 0.1) is 18.6 Å². The van der Waals surface area contributed by atoms with Crippen LogP contribution in [0.15, 0.2) is 24.3 Å². The molecule has 0 aliphatic heterocycles. The van der Waals surface area contributed by atoms with E-state index in [1.54, 1.807) is 0 Å². The van der Waals surface area contributed by atoms with Gasteiger partial charge in [-0.25, -0.2) is 0 Å². The molecule has 2 unspecified atom stereocenters. The summed E-state index contributed by atoms with van der Waals surface area (Å²) in [6, 6.07) is 7.45. The molecule has 4 heteroatoms. The van der Waals surface area contributed by atoms with Gasteiger partial charge in [0.1, 0.15) is 11.5 Å². The molecule has 1 aliphatic rings. The molecule has 2 rings (SSSR count). The Labute approximate surface area is 107 Å². The Kier molecular flexibility index (Phi) is 4.07. The molecule has 0 heterocycles. The number of carboxylic acid groups (broad SMARTS) is 1.